The highest BCUT2D eigenvalue weighted by atomic mass is 32.1. The van der Waals surface area contributed by atoms with Crippen molar-refractivity contribution in [2.45, 2.75) is 38.6 Å². The number of hydrogen-bond donors (Lipinski definition) is 1. The average Bonchev–Trinajstić information content (AvgIpc) is 2.77. The topological polar surface area (TPSA) is 58.1 Å². The van der Waals surface area contributed by atoms with Gasteiger partial charge in [-0.2, -0.15) is 0 Å². The van der Waals surface area contributed by atoms with Crippen molar-refractivity contribution in [2.75, 3.05) is 20.6 Å². The number of aromatic nitrogens is 2. The number of amides is 1. The van der Waals surface area contributed by atoms with E-state index >= 15 is 0 Å². The van der Waals surface area contributed by atoms with Gasteiger partial charge in [0, 0.05) is 12.6 Å². The van der Waals surface area contributed by atoms with E-state index in [1.165, 1.54) is 30.8 Å². The lowest BCUT2D eigenvalue weighted by Crippen LogP contribution is -2.45. The summed E-state index contributed by atoms with van der Waals surface area (Å²) in [4.78, 5) is 15.3. The molecule has 6 heteroatoms. The Kier molecular flexibility index (Phi) is 4.87. The third-order valence-corrected chi connectivity index (χ3v) is 4.32. The van der Waals surface area contributed by atoms with Crippen molar-refractivity contribution >= 4 is 17.4 Å². The van der Waals surface area contributed by atoms with E-state index < -0.39 is 0 Å². The van der Waals surface area contributed by atoms with Crippen molar-refractivity contribution in [1.82, 2.24) is 19.8 Å². The second-order valence-corrected chi connectivity index (χ2v) is 6.52. The zero-order valence-corrected chi connectivity index (χ0v) is 12.7. The molecule has 2 atom stereocenters. The molecule has 0 aromatic carbocycles. The normalized spacial score (nSPS) is 23.6. The number of aryl methyl sites for hydroxylation is 1. The van der Waals surface area contributed by atoms with Crippen LogP contribution in [0.25, 0.3) is 0 Å². The van der Waals surface area contributed by atoms with Crippen LogP contribution < -0.4 is 5.32 Å². The second-order valence-electron chi connectivity index (χ2n) is 5.56. The SMILES string of the molecule is Cc1snnc1C(=O)N[C@@H]1CCCC[C@@H]1CN(C)C. The van der Waals surface area contributed by atoms with Crippen molar-refractivity contribution in [3.05, 3.63) is 10.6 Å². The maximum atomic E-state index is 12.2. The Bertz CT molecular complexity index is 432. The highest BCUT2D eigenvalue weighted by molar-refractivity contribution is 7.05. The monoisotopic (exact) mass is 282 g/mol. The minimum absolute atomic E-state index is 0.0677. The predicted octanol–water partition coefficient (Wildman–Crippen LogP) is 1.70. The minimum atomic E-state index is -0.0677. The van der Waals surface area contributed by atoms with Crippen LogP contribution in [0.5, 0.6) is 0 Å². The third kappa shape index (κ3) is 3.73. The first-order chi connectivity index (χ1) is 9.08. The van der Waals surface area contributed by atoms with Gasteiger partial charge < -0.3 is 10.2 Å². The Morgan fingerprint density at radius 3 is 2.79 bits per heavy atom. The predicted molar refractivity (Wildman–Crippen MR) is 76.4 cm³/mol. The molecule has 1 aromatic heterocycles. The molecule has 0 aliphatic heterocycles. The van der Waals surface area contributed by atoms with E-state index in [4.69, 9.17) is 0 Å². The van der Waals surface area contributed by atoms with Gasteiger partial charge >= 0.3 is 0 Å². The molecule has 0 unspecified atom stereocenters. The van der Waals surface area contributed by atoms with Gasteiger partial charge in [0.1, 0.15) is 0 Å². The van der Waals surface area contributed by atoms with Gasteiger partial charge in [-0.05, 0) is 51.3 Å². The largest absolute Gasteiger partial charge is 0.348 e. The molecule has 5 nitrogen and oxygen atoms in total. The van der Waals surface area contributed by atoms with E-state index in [0.717, 1.165) is 17.8 Å². The van der Waals surface area contributed by atoms with Gasteiger partial charge in [-0.3, -0.25) is 4.79 Å². The second kappa shape index (κ2) is 6.43. The summed E-state index contributed by atoms with van der Waals surface area (Å²) in [6.07, 6.45) is 4.73. The Labute approximate surface area is 118 Å². The van der Waals surface area contributed by atoms with E-state index in [2.05, 4.69) is 33.9 Å². The molecule has 0 saturated heterocycles. The van der Waals surface area contributed by atoms with Crippen molar-refractivity contribution in [1.29, 1.82) is 0 Å². The molecule has 1 fully saturated rings. The molecular formula is C13H22N4OS. The first kappa shape index (κ1) is 14.4. The fourth-order valence-electron chi connectivity index (χ4n) is 2.76. The van der Waals surface area contributed by atoms with Crippen LogP contribution in [0.2, 0.25) is 0 Å². The first-order valence-electron chi connectivity index (χ1n) is 6.82. The Morgan fingerprint density at radius 2 is 2.16 bits per heavy atom. The molecule has 1 saturated carbocycles. The molecule has 1 N–H and O–H groups in total. The van der Waals surface area contributed by atoms with Crippen LogP contribution in [-0.2, 0) is 0 Å². The van der Waals surface area contributed by atoms with E-state index in [-0.39, 0.29) is 11.9 Å². The molecule has 1 amide bonds. The van der Waals surface area contributed by atoms with Crippen LogP contribution in [0, 0.1) is 12.8 Å². The van der Waals surface area contributed by atoms with Crippen LogP contribution in [-0.4, -0.2) is 47.1 Å². The van der Waals surface area contributed by atoms with Crippen LogP contribution in [0.15, 0.2) is 0 Å². The number of carbonyl (C=O) groups excluding carboxylic acids is 1. The maximum absolute atomic E-state index is 12.2. The van der Waals surface area contributed by atoms with Crippen LogP contribution in [0.4, 0.5) is 0 Å². The number of hydrogen-bond acceptors (Lipinski definition) is 5. The first-order valence-corrected chi connectivity index (χ1v) is 7.60. The van der Waals surface area contributed by atoms with Gasteiger partial charge in [0.05, 0.1) is 4.88 Å². The molecule has 19 heavy (non-hydrogen) atoms. The zero-order chi connectivity index (χ0) is 13.8. The van der Waals surface area contributed by atoms with Crippen molar-refractivity contribution < 1.29 is 4.79 Å². The highest BCUT2D eigenvalue weighted by Gasteiger charge is 2.28. The van der Waals surface area contributed by atoms with Gasteiger partial charge in [0.15, 0.2) is 5.69 Å². The van der Waals surface area contributed by atoms with Gasteiger partial charge in [-0.1, -0.05) is 17.3 Å². The third-order valence-electron chi connectivity index (χ3n) is 3.69. The van der Waals surface area contributed by atoms with Crippen molar-refractivity contribution in [3.63, 3.8) is 0 Å². The summed E-state index contributed by atoms with van der Waals surface area (Å²) in [5.74, 6) is 0.474. The maximum Gasteiger partial charge on any atom is 0.273 e. The molecule has 1 heterocycles. The van der Waals surface area contributed by atoms with E-state index in [1.54, 1.807) is 0 Å². The fourth-order valence-corrected chi connectivity index (χ4v) is 3.23. The van der Waals surface area contributed by atoms with Crippen molar-refractivity contribution in [3.8, 4) is 0 Å². The molecule has 2 rings (SSSR count). The number of carbonyl (C=O) groups is 1. The Hall–Kier alpha value is -1.01. The Balaban J connectivity index is 1.99. The summed E-state index contributed by atoms with van der Waals surface area (Å²) in [5, 5.41) is 7.07. The summed E-state index contributed by atoms with van der Waals surface area (Å²) < 4.78 is 3.83. The average molecular weight is 282 g/mol. The van der Waals surface area contributed by atoms with Crippen LogP contribution >= 0.6 is 11.5 Å². The molecule has 1 aromatic rings. The van der Waals surface area contributed by atoms with E-state index in [9.17, 15) is 4.79 Å². The quantitative estimate of drug-likeness (QED) is 0.913. The van der Waals surface area contributed by atoms with E-state index in [1.807, 2.05) is 6.92 Å². The molecule has 0 bridgehead atoms. The standard InChI is InChI=1S/C13H22N4OS/c1-9-12(15-16-19-9)13(18)14-11-7-5-4-6-10(11)8-17(2)3/h10-11H,4-8H2,1-3H3,(H,14,18)/t10-,11-/m1/s1. The van der Waals surface area contributed by atoms with Crippen LogP contribution in [0.1, 0.15) is 41.0 Å². The molecule has 1 aliphatic carbocycles. The van der Waals surface area contributed by atoms with Gasteiger partial charge in [-0.25, -0.2) is 0 Å². The summed E-state index contributed by atoms with van der Waals surface area (Å²) in [6, 6.07) is 0.268. The molecule has 0 spiro atoms. The zero-order valence-electron chi connectivity index (χ0n) is 11.8. The highest BCUT2D eigenvalue weighted by Crippen LogP contribution is 2.25. The Morgan fingerprint density at radius 1 is 1.42 bits per heavy atom. The summed E-state index contributed by atoms with van der Waals surface area (Å²) in [6.45, 7) is 2.91. The summed E-state index contributed by atoms with van der Waals surface area (Å²) in [5.41, 5.74) is 0.485. The lowest BCUT2D eigenvalue weighted by atomic mass is 9.84. The van der Waals surface area contributed by atoms with Crippen molar-refractivity contribution in [2.24, 2.45) is 5.92 Å². The lowest BCUT2D eigenvalue weighted by Gasteiger charge is -2.33. The van der Waals surface area contributed by atoms with Gasteiger partial charge in [-0.15, -0.1) is 5.10 Å². The summed E-state index contributed by atoms with van der Waals surface area (Å²) >= 11 is 1.28. The van der Waals surface area contributed by atoms with E-state index in [0.29, 0.717) is 11.6 Å². The number of rotatable bonds is 4. The minimum Gasteiger partial charge on any atom is -0.348 e. The lowest BCUT2D eigenvalue weighted by molar-refractivity contribution is 0.0889. The smallest absolute Gasteiger partial charge is 0.273 e. The summed E-state index contributed by atoms with van der Waals surface area (Å²) in [7, 11) is 4.17. The molecular weight excluding hydrogens is 260 g/mol. The van der Waals surface area contributed by atoms with Gasteiger partial charge in [0.2, 0.25) is 0 Å². The fraction of sp³-hybridized carbons (Fsp3) is 0.769. The van der Waals surface area contributed by atoms with Gasteiger partial charge in [0.25, 0.3) is 5.91 Å². The number of nitrogens with zero attached hydrogens (tertiary/aromatic N) is 3. The molecule has 106 valence electrons. The van der Waals surface area contributed by atoms with Crippen LogP contribution in [0.3, 0.4) is 0 Å². The molecule has 1 aliphatic rings. The molecule has 0 radical (unpaired) electrons. The number of nitrogens with one attached hydrogen (secondary N) is 1.